The predicted molar refractivity (Wildman–Crippen MR) is 71.7 cm³/mol. The van der Waals surface area contributed by atoms with E-state index in [9.17, 15) is 9.59 Å². The summed E-state index contributed by atoms with van der Waals surface area (Å²) in [6.45, 7) is 2.03. The van der Waals surface area contributed by atoms with Gasteiger partial charge in [0, 0.05) is 18.5 Å². The van der Waals surface area contributed by atoms with E-state index >= 15 is 0 Å². The Hall–Kier alpha value is -1.10. The van der Waals surface area contributed by atoms with Gasteiger partial charge in [0.15, 0.2) is 0 Å². The molecule has 0 aromatic carbocycles. The van der Waals surface area contributed by atoms with E-state index < -0.39 is 5.97 Å². The first-order valence-corrected chi connectivity index (χ1v) is 7.28. The molecule has 2 aliphatic rings. The fourth-order valence-electron chi connectivity index (χ4n) is 3.21. The van der Waals surface area contributed by atoms with Crippen molar-refractivity contribution in [3.05, 3.63) is 0 Å². The van der Waals surface area contributed by atoms with E-state index in [0.29, 0.717) is 25.7 Å². The molecule has 1 aliphatic carbocycles. The van der Waals surface area contributed by atoms with Crippen LogP contribution in [-0.4, -0.2) is 48.1 Å². The number of rotatable bonds is 3. The topological polar surface area (TPSA) is 69.6 Å². The second kappa shape index (κ2) is 6.37. The lowest BCUT2D eigenvalue weighted by Crippen LogP contribution is -2.48. The molecule has 1 amide bonds. The SMILES string of the molecule is CN1CCCC(NC(=O)C2CCC(C(=O)O)CC2)C1. The van der Waals surface area contributed by atoms with Gasteiger partial charge in [-0.3, -0.25) is 9.59 Å². The number of piperidine rings is 1. The van der Waals surface area contributed by atoms with Gasteiger partial charge in [0.05, 0.1) is 5.92 Å². The van der Waals surface area contributed by atoms with E-state index in [2.05, 4.69) is 17.3 Å². The number of carboxylic acid groups (broad SMARTS) is 1. The lowest BCUT2D eigenvalue weighted by Gasteiger charge is -2.32. The fourth-order valence-corrected chi connectivity index (χ4v) is 3.21. The highest BCUT2D eigenvalue weighted by Crippen LogP contribution is 2.29. The molecule has 0 aromatic heterocycles. The van der Waals surface area contributed by atoms with Crippen LogP contribution >= 0.6 is 0 Å². The van der Waals surface area contributed by atoms with Crippen LogP contribution < -0.4 is 5.32 Å². The minimum Gasteiger partial charge on any atom is -0.481 e. The Bertz CT molecular complexity index is 338. The van der Waals surface area contributed by atoms with Crippen LogP contribution in [0.1, 0.15) is 38.5 Å². The zero-order chi connectivity index (χ0) is 13.8. The van der Waals surface area contributed by atoms with Crippen molar-refractivity contribution < 1.29 is 14.7 Å². The van der Waals surface area contributed by atoms with Crippen LogP contribution in [0.2, 0.25) is 0 Å². The zero-order valence-corrected chi connectivity index (χ0v) is 11.6. The lowest BCUT2D eigenvalue weighted by atomic mass is 9.81. The van der Waals surface area contributed by atoms with Gasteiger partial charge in [0.2, 0.25) is 5.91 Å². The normalized spacial score (nSPS) is 32.8. The highest BCUT2D eigenvalue weighted by Gasteiger charge is 2.31. The van der Waals surface area contributed by atoms with Crippen molar-refractivity contribution in [2.75, 3.05) is 20.1 Å². The zero-order valence-electron chi connectivity index (χ0n) is 11.6. The van der Waals surface area contributed by atoms with Crippen LogP contribution in [0, 0.1) is 11.8 Å². The van der Waals surface area contributed by atoms with Crippen molar-refractivity contribution in [3.8, 4) is 0 Å². The van der Waals surface area contributed by atoms with Crippen molar-refractivity contribution in [3.63, 3.8) is 0 Å². The number of hydrogen-bond donors (Lipinski definition) is 2. The summed E-state index contributed by atoms with van der Waals surface area (Å²) >= 11 is 0. The van der Waals surface area contributed by atoms with E-state index in [1.54, 1.807) is 0 Å². The Morgan fingerprint density at radius 2 is 1.74 bits per heavy atom. The van der Waals surface area contributed by atoms with E-state index in [1.807, 2.05) is 0 Å². The molecule has 1 atom stereocenters. The van der Waals surface area contributed by atoms with Gasteiger partial charge in [-0.15, -0.1) is 0 Å². The van der Waals surface area contributed by atoms with Crippen LogP contribution in [0.25, 0.3) is 0 Å². The fraction of sp³-hybridized carbons (Fsp3) is 0.857. The summed E-state index contributed by atoms with van der Waals surface area (Å²) in [4.78, 5) is 25.3. The molecule has 0 aromatic rings. The van der Waals surface area contributed by atoms with Gasteiger partial charge in [-0.2, -0.15) is 0 Å². The molecule has 19 heavy (non-hydrogen) atoms. The highest BCUT2D eigenvalue weighted by atomic mass is 16.4. The third-order valence-electron chi connectivity index (χ3n) is 4.42. The van der Waals surface area contributed by atoms with E-state index in [1.165, 1.54) is 0 Å². The first-order chi connectivity index (χ1) is 9.06. The summed E-state index contributed by atoms with van der Waals surface area (Å²) < 4.78 is 0. The Labute approximate surface area is 114 Å². The number of carboxylic acids is 1. The molecule has 5 nitrogen and oxygen atoms in total. The average Bonchev–Trinajstić information content (AvgIpc) is 2.39. The number of carbonyl (C=O) groups excluding carboxylic acids is 1. The predicted octanol–water partition coefficient (Wildman–Crippen LogP) is 1.09. The molecule has 1 unspecified atom stereocenters. The monoisotopic (exact) mass is 268 g/mol. The Morgan fingerprint density at radius 1 is 1.11 bits per heavy atom. The summed E-state index contributed by atoms with van der Waals surface area (Å²) in [5, 5.41) is 12.1. The van der Waals surface area contributed by atoms with E-state index in [0.717, 1.165) is 25.9 Å². The van der Waals surface area contributed by atoms with Crippen LogP contribution in [0.4, 0.5) is 0 Å². The van der Waals surface area contributed by atoms with Gasteiger partial charge < -0.3 is 15.3 Å². The molecule has 2 fully saturated rings. The van der Waals surface area contributed by atoms with Crippen molar-refractivity contribution in [1.82, 2.24) is 10.2 Å². The Balaban J connectivity index is 1.76. The first kappa shape index (κ1) is 14.3. The van der Waals surface area contributed by atoms with Crippen molar-refractivity contribution >= 4 is 11.9 Å². The maximum atomic E-state index is 12.2. The number of likely N-dealkylation sites (tertiary alicyclic amines) is 1. The number of hydrogen-bond acceptors (Lipinski definition) is 3. The van der Waals surface area contributed by atoms with Crippen LogP contribution in [0.15, 0.2) is 0 Å². The molecule has 0 radical (unpaired) electrons. The molecule has 2 rings (SSSR count). The van der Waals surface area contributed by atoms with Gasteiger partial charge in [0.1, 0.15) is 0 Å². The van der Waals surface area contributed by atoms with Gasteiger partial charge in [-0.1, -0.05) is 0 Å². The molecule has 1 heterocycles. The third kappa shape index (κ3) is 3.93. The Morgan fingerprint density at radius 3 is 2.32 bits per heavy atom. The lowest BCUT2D eigenvalue weighted by molar-refractivity contribution is -0.144. The second-order valence-corrected chi connectivity index (χ2v) is 6.00. The van der Waals surface area contributed by atoms with Crippen LogP contribution in [0.3, 0.4) is 0 Å². The molecule has 2 N–H and O–H groups in total. The number of carbonyl (C=O) groups is 2. The molecular weight excluding hydrogens is 244 g/mol. The minimum absolute atomic E-state index is 0.0165. The van der Waals surface area contributed by atoms with Crippen molar-refractivity contribution in [2.24, 2.45) is 11.8 Å². The van der Waals surface area contributed by atoms with Gasteiger partial charge >= 0.3 is 5.97 Å². The van der Waals surface area contributed by atoms with Gasteiger partial charge in [-0.05, 0) is 52.1 Å². The van der Waals surface area contributed by atoms with Crippen LogP contribution in [0.5, 0.6) is 0 Å². The largest absolute Gasteiger partial charge is 0.481 e. The van der Waals surface area contributed by atoms with Crippen molar-refractivity contribution in [2.45, 2.75) is 44.6 Å². The second-order valence-electron chi connectivity index (χ2n) is 6.00. The number of amides is 1. The number of aliphatic carboxylic acids is 1. The average molecular weight is 268 g/mol. The van der Waals surface area contributed by atoms with Gasteiger partial charge in [0.25, 0.3) is 0 Å². The number of nitrogens with zero attached hydrogens (tertiary/aromatic N) is 1. The quantitative estimate of drug-likeness (QED) is 0.804. The molecule has 0 bridgehead atoms. The van der Waals surface area contributed by atoms with E-state index in [-0.39, 0.29) is 23.8 Å². The van der Waals surface area contributed by atoms with Crippen molar-refractivity contribution in [1.29, 1.82) is 0 Å². The maximum Gasteiger partial charge on any atom is 0.306 e. The minimum atomic E-state index is -0.715. The molecule has 108 valence electrons. The first-order valence-electron chi connectivity index (χ1n) is 7.28. The molecule has 1 aliphatic heterocycles. The summed E-state index contributed by atoms with van der Waals surface area (Å²) in [7, 11) is 2.08. The molecular formula is C14H24N2O3. The standard InChI is InChI=1S/C14H24N2O3/c1-16-8-2-3-12(9-16)15-13(17)10-4-6-11(7-5-10)14(18)19/h10-12H,2-9H2,1H3,(H,15,17)(H,18,19). The number of likely N-dealkylation sites (N-methyl/N-ethyl adjacent to an activating group) is 1. The van der Waals surface area contributed by atoms with Gasteiger partial charge in [-0.25, -0.2) is 0 Å². The molecule has 5 heteroatoms. The summed E-state index contributed by atoms with van der Waals surface area (Å²) in [5.74, 6) is -0.815. The highest BCUT2D eigenvalue weighted by molar-refractivity contribution is 5.79. The van der Waals surface area contributed by atoms with E-state index in [4.69, 9.17) is 5.11 Å². The number of nitrogens with one attached hydrogen (secondary N) is 1. The molecule has 1 saturated heterocycles. The Kier molecular flexibility index (Phi) is 4.80. The summed E-state index contributed by atoms with van der Waals surface area (Å²) in [5.41, 5.74) is 0. The van der Waals surface area contributed by atoms with Crippen LogP contribution in [-0.2, 0) is 9.59 Å². The summed E-state index contributed by atoms with van der Waals surface area (Å²) in [6, 6.07) is 0.267. The smallest absolute Gasteiger partial charge is 0.306 e. The summed E-state index contributed by atoms with van der Waals surface area (Å²) in [6.07, 6.45) is 4.89. The molecule has 1 saturated carbocycles. The third-order valence-corrected chi connectivity index (χ3v) is 4.42. The maximum absolute atomic E-state index is 12.2. The molecule has 0 spiro atoms.